The highest BCUT2D eigenvalue weighted by Crippen LogP contribution is 2.33. The van der Waals surface area contributed by atoms with Gasteiger partial charge in [0.25, 0.3) is 12.8 Å². The van der Waals surface area contributed by atoms with E-state index in [1.165, 1.54) is 5.56 Å². The molecule has 1 amide bonds. The number of hydrogen-bond acceptors (Lipinski definition) is 7. The van der Waals surface area contributed by atoms with Gasteiger partial charge in [-0.2, -0.15) is 14.6 Å². The number of benzene rings is 2. The fraction of sp³-hybridized carbons (Fsp3) is 0.333. The number of fused-ring (bicyclic) bond motifs is 1. The molecule has 3 aromatic heterocycles. The number of hydrogen-bond donors (Lipinski definition) is 2. The molecule has 5 aromatic rings. The molecule has 1 unspecified atom stereocenters. The normalized spacial score (nSPS) is 13.4. The number of pyridine rings is 1. The summed E-state index contributed by atoms with van der Waals surface area (Å²) in [6.07, 6.45) is 9.98. The molecule has 1 aliphatic carbocycles. The molecule has 10 heteroatoms. The van der Waals surface area contributed by atoms with Crippen LogP contribution in [0.1, 0.15) is 54.1 Å². The molecule has 1 saturated carbocycles. The van der Waals surface area contributed by atoms with E-state index in [0.717, 1.165) is 54.5 Å². The van der Waals surface area contributed by atoms with Crippen LogP contribution in [0.3, 0.4) is 0 Å². The lowest BCUT2D eigenvalue weighted by atomic mass is 9.57. The number of amides is 1. The summed E-state index contributed by atoms with van der Waals surface area (Å²) in [5.74, 6) is 1.87. The Balaban J connectivity index is 1.45. The predicted octanol–water partition coefficient (Wildman–Crippen LogP) is 6.40. The Morgan fingerprint density at radius 2 is 1.96 bits per heavy atom. The molecule has 6 rings (SSSR count). The van der Waals surface area contributed by atoms with Gasteiger partial charge in [-0.25, -0.2) is 0 Å². The van der Waals surface area contributed by atoms with Crippen molar-refractivity contribution < 1.29 is 14.6 Å². The number of carbonyl (C=O) groups excluding carboxylic acids is 1. The van der Waals surface area contributed by atoms with Crippen molar-refractivity contribution in [3.8, 4) is 22.8 Å². The maximum absolute atomic E-state index is 12.8. The van der Waals surface area contributed by atoms with E-state index in [-0.39, 0.29) is 25.3 Å². The summed E-state index contributed by atoms with van der Waals surface area (Å²) in [5.41, 5.74) is 5.18. The van der Waals surface area contributed by atoms with Crippen LogP contribution < -0.4 is 14.9 Å². The van der Waals surface area contributed by atoms with Crippen molar-refractivity contribution in [1.82, 2.24) is 24.9 Å². The summed E-state index contributed by atoms with van der Waals surface area (Å²) in [6.45, 7) is 7.13. The number of ether oxygens (including phenoxy) is 1. The van der Waals surface area contributed by atoms with Crippen LogP contribution in [0.15, 0.2) is 85.3 Å². The van der Waals surface area contributed by atoms with E-state index in [1.54, 1.807) is 12.4 Å². The van der Waals surface area contributed by atoms with Gasteiger partial charge in [0, 0.05) is 42.6 Å². The molecule has 0 spiro atoms. The van der Waals surface area contributed by atoms with Crippen molar-refractivity contribution in [2.24, 2.45) is 5.92 Å². The molecule has 0 aliphatic heterocycles. The molecule has 236 valence electrons. The Hall–Kier alpha value is -4.70. The number of anilines is 1. The lowest BCUT2D eigenvalue weighted by Crippen LogP contribution is -2.44. The standard InChI is InChI=1S/C36H41BN6O3/c1-4-9-27(24-44)23-42(37(3)20-26-10-6-5-7-11-26)34-19-33(46-30-12-8-17-38-21-30)41-35-32(22-39-43(34)35)28-13-16-31(25(2)18-28)36(45)40-29-14-15-29/h5-8,10-13,16-19,21-22,27,29,44H,4,9,14-15,20,23-24H2,1-3H3,(H,40,45). The summed E-state index contributed by atoms with van der Waals surface area (Å²) in [7, 11) is 0. The Kier molecular flexibility index (Phi) is 9.64. The monoisotopic (exact) mass is 616 g/mol. The van der Waals surface area contributed by atoms with Crippen molar-refractivity contribution >= 4 is 24.2 Å². The highest BCUT2D eigenvalue weighted by atomic mass is 16.5. The number of rotatable bonds is 14. The molecule has 9 nitrogen and oxygen atoms in total. The van der Waals surface area contributed by atoms with Crippen LogP contribution >= 0.6 is 0 Å². The molecule has 1 aliphatic rings. The minimum absolute atomic E-state index is 0.0347. The van der Waals surface area contributed by atoms with Gasteiger partial charge in [0.05, 0.1) is 12.4 Å². The number of nitrogens with zero attached hydrogens (tertiary/aromatic N) is 5. The zero-order valence-electron chi connectivity index (χ0n) is 26.8. The van der Waals surface area contributed by atoms with Crippen molar-refractivity contribution in [2.45, 2.75) is 58.7 Å². The number of aromatic nitrogens is 4. The van der Waals surface area contributed by atoms with Gasteiger partial charge in [-0.3, -0.25) is 9.78 Å². The highest BCUT2D eigenvalue weighted by Gasteiger charge is 2.28. The van der Waals surface area contributed by atoms with Gasteiger partial charge in [0.15, 0.2) is 5.65 Å². The molecular formula is C36H41BN6O3. The van der Waals surface area contributed by atoms with Crippen molar-refractivity contribution in [1.29, 1.82) is 0 Å². The molecule has 1 fully saturated rings. The van der Waals surface area contributed by atoms with Gasteiger partial charge in [-0.15, -0.1) is 0 Å². The number of aliphatic hydroxyl groups is 1. The van der Waals surface area contributed by atoms with E-state index in [1.807, 2.05) is 60.1 Å². The van der Waals surface area contributed by atoms with Gasteiger partial charge in [-0.05, 0) is 67.8 Å². The van der Waals surface area contributed by atoms with Gasteiger partial charge in [-0.1, -0.05) is 68.2 Å². The quantitative estimate of drug-likeness (QED) is 0.139. The molecule has 1 atom stereocenters. The van der Waals surface area contributed by atoms with Crippen LogP contribution in [0.2, 0.25) is 6.82 Å². The van der Waals surface area contributed by atoms with Gasteiger partial charge < -0.3 is 20.0 Å². The Bertz CT molecular complexity index is 1780. The first-order valence-corrected chi connectivity index (χ1v) is 16.2. The van der Waals surface area contributed by atoms with Crippen LogP contribution in [0, 0.1) is 12.8 Å². The van der Waals surface area contributed by atoms with Gasteiger partial charge in [0.1, 0.15) is 11.6 Å². The van der Waals surface area contributed by atoms with E-state index >= 15 is 0 Å². The first-order valence-electron chi connectivity index (χ1n) is 16.2. The van der Waals surface area contributed by atoms with E-state index in [2.05, 4.69) is 53.1 Å². The van der Waals surface area contributed by atoms with E-state index in [0.29, 0.717) is 35.4 Å². The number of aryl methyl sites for hydroxylation is 1. The second-order valence-electron chi connectivity index (χ2n) is 12.3. The molecule has 0 bridgehead atoms. The summed E-state index contributed by atoms with van der Waals surface area (Å²) >= 11 is 0. The third kappa shape index (κ3) is 7.23. The second kappa shape index (κ2) is 14.2. The fourth-order valence-corrected chi connectivity index (χ4v) is 5.98. The van der Waals surface area contributed by atoms with E-state index < -0.39 is 0 Å². The number of aliphatic hydroxyl groups excluding tert-OH is 1. The average molecular weight is 617 g/mol. The Morgan fingerprint density at radius 1 is 1.13 bits per heavy atom. The summed E-state index contributed by atoms with van der Waals surface area (Å²) < 4.78 is 8.16. The lowest BCUT2D eigenvalue weighted by Gasteiger charge is -2.33. The molecule has 3 heterocycles. The van der Waals surface area contributed by atoms with Gasteiger partial charge in [0.2, 0.25) is 5.88 Å². The first-order chi connectivity index (χ1) is 22.4. The fourth-order valence-electron chi connectivity index (χ4n) is 5.98. The van der Waals surface area contributed by atoms with E-state index in [9.17, 15) is 9.90 Å². The van der Waals surface area contributed by atoms with Crippen molar-refractivity contribution in [2.75, 3.05) is 18.0 Å². The SMILES string of the molecule is CCCC(CO)CN(B(C)Cc1ccccc1)c1cc(Oc2cccnc2)nc2c(-c3ccc(C(=O)NC4CC4)c(C)c3)cnn12. The maximum Gasteiger partial charge on any atom is 0.257 e. The zero-order valence-corrected chi connectivity index (χ0v) is 26.8. The second-order valence-corrected chi connectivity index (χ2v) is 12.3. The third-order valence-electron chi connectivity index (χ3n) is 8.59. The topological polar surface area (TPSA) is 105 Å². The average Bonchev–Trinajstić information content (AvgIpc) is 3.78. The molecule has 2 N–H and O–H groups in total. The molecule has 46 heavy (non-hydrogen) atoms. The molecule has 0 radical (unpaired) electrons. The van der Waals surface area contributed by atoms with E-state index in [4.69, 9.17) is 14.8 Å². The minimum Gasteiger partial charge on any atom is -0.437 e. The highest BCUT2D eigenvalue weighted by molar-refractivity contribution is 6.61. The van der Waals surface area contributed by atoms with Crippen molar-refractivity contribution in [3.63, 3.8) is 0 Å². The molecule has 2 aromatic carbocycles. The lowest BCUT2D eigenvalue weighted by molar-refractivity contribution is 0.0950. The first kappa shape index (κ1) is 31.3. The van der Waals surface area contributed by atoms with Crippen LogP contribution in [0.4, 0.5) is 5.82 Å². The maximum atomic E-state index is 12.8. The van der Waals surface area contributed by atoms with Crippen LogP contribution in [-0.4, -0.2) is 56.6 Å². The predicted molar refractivity (Wildman–Crippen MR) is 183 cm³/mol. The Labute approximate surface area is 270 Å². The van der Waals surface area contributed by atoms with Crippen LogP contribution in [0.25, 0.3) is 16.8 Å². The van der Waals surface area contributed by atoms with Crippen LogP contribution in [0.5, 0.6) is 11.6 Å². The van der Waals surface area contributed by atoms with Crippen LogP contribution in [-0.2, 0) is 6.32 Å². The Morgan fingerprint density at radius 3 is 2.65 bits per heavy atom. The van der Waals surface area contributed by atoms with Crippen molar-refractivity contribution in [3.05, 3.63) is 102 Å². The summed E-state index contributed by atoms with van der Waals surface area (Å²) in [5, 5.41) is 18.3. The number of nitrogens with one attached hydrogen (secondary N) is 1. The zero-order chi connectivity index (χ0) is 32.0. The third-order valence-corrected chi connectivity index (χ3v) is 8.59. The van der Waals surface area contributed by atoms with Gasteiger partial charge >= 0.3 is 0 Å². The molecule has 0 saturated heterocycles. The molecular weight excluding hydrogens is 575 g/mol. The smallest absolute Gasteiger partial charge is 0.257 e. The largest absolute Gasteiger partial charge is 0.437 e. The number of carbonyl (C=O) groups is 1. The summed E-state index contributed by atoms with van der Waals surface area (Å²) in [6, 6.07) is 22.2. The summed E-state index contributed by atoms with van der Waals surface area (Å²) in [4.78, 5) is 24.3. The minimum atomic E-state index is -0.0347.